The first-order chi connectivity index (χ1) is 17.7. The number of carboxylic acids is 1. The fraction of sp³-hybridized carbons (Fsp3) is 0.444. The molecule has 2 aromatic rings. The Morgan fingerprint density at radius 2 is 1.65 bits per heavy atom. The average molecular weight is 539 g/mol. The van der Waals surface area contributed by atoms with E-state index >= 15 is 0 Å². The molecule has 8 nitrogen and oxygen atoms in total. The summed E-state index contributed by atoms with van der Waals surface area (Å²) >= 11 is 0. The van der Waals surface area contributed by atoms with E-state index in [4.69, 9.17) is 18.4 Å². The van der Waals surface area contributed by atoms with Gasteiger partial charge < -0.3 is 23.5 Å². The van der Waals surface area contributed by atoms with E-state index in [0.29, 0.717) is 48.5 Å². The van der Waals surface area contributed by atoms with Crippen molar-refractivity contribution in [1.29, 1.82) is 0 Å². The first-order valence-electron chi connectivity index (χ1n) is 12.4. The van der Waals surface area contributed by atoms with E-state index in [1.54, 1.807) is 31.2 Å². The smallest absolute Gasteiger partial charge is 0.371 e. The first kappa shape index (κ1) is 30.0. The van der Waals surface area contributed by atoms with Gasteiger partial charge in [-0.15, -0.1) is 0 Å². The van der Waals surface area contributed by atoms with Gasteiger partial charge in [0.1, 0.15) is 0 Å². The van der Waals surface area contributed by atoms with Gasteiger partial charge in [-0.2, -0.15) is 8.42 Å². The minimum atomic E-state index is -3.84. The van der Waals surface area contributed by atoms with E-state index in [2.05, 4.69) is 0 Å². The Hall–Kier alpha value is -3.27. The molecule has 0 aromatic heterocycles. The molecule has 0 aliphatic rings. The molecule has 0 fully saturated rings. The van der Waals surface area contributed by atoms with Crippen molar-refractivity contribution in [2.75, 3.05) is 25.6 Å². The predicted molar refractivity (Wildman–Crippen MR) is 139 cm³/mol. The van der Waals surface area contributed by atoms with E-state index in [-0.39, 0.29) is 30.5 Å². The predicted octanol–water partition coefficient (Wildman–Crippen LogP) is 5.60. The van der Waals surface area contributed by atoms with E-state index in [9.17, 15) is 22.7 Å². The van der Waals surface area contributed by atoms with Gasteiger partial charge in [-0.25, -0.2) is 9.18 Å². The molecule has 1 N–H and O–H groups in total. The third kappa shape index (κ3) is 10.3. The van der Waals surface area contributed by atoms with Gasteiger partial charge in [0, 0.05) is 6.42 Å². The normalized spacial score (nSPS) is 11.7. The van der Waals surface area contributed by atoms with Gasteiger partial charge in [0.15, 0.2) is 23.1 Å². The van der Waals surface area contributed by atoms with Crippen molar-refractivity contribution >= 4 is 22.2 Å². The molecule has 0 saturated carbocycles. The second kappa shape index (κ2) is 15.1. The lowest BCUT2D eigenvalue weighted by Gasteiger charge is -2.14. The zero-order chi connectivity index (χ0) is 27.3. The van der Waals surface area contributed by atoms with E-state index in [0.717, 1.165) is 12.8 Å². The minimum Gasteiger partial charge on any atom is -0.490 e. The van der Waals surface area contributed by atoms with Crippen LogP contribution in [-0.4, -0.2) is 45.1 Å². The maximum Gasteiger partial charge on any atom is 0.371 e. The topological polar surface area (TPSA) is 108 Å². The number of hydrogen-bond donors (Lipinski definition) is 1. The maximum atomic E-state index is 14.4. The summed E-state index contributed by atoms with van der Waals surface area (Å²) in [6, 6.07) is 9.16. The average Bonchev–Trinajstić information content (AvgIpc) is 2.85. The summed E-state index contributed by atoms with van der Waals surface area (Å²) in [5, 5.41) is 9.30. The first-order valence-corrected chi connectivity index (χ1v) is 13.9. The van der Waals surface area contributed by atoms with E-state index < -0.39 is 21.9 Å². The number of rotatable bonds is 17. The third-order valence-electron chi connectivity index (χ3n) is 5.14. The molecule has 10 heteroatoms. The SMILES string of the molecule is CCCCOc1cc(/C=C(/OCC)C(=O)O)ccc1OCCc1ccc(OS(=O)(=O)CCCC)c(F)c1. The Morgan fingerprint density at radius 1 is 0.946 bits per heavy atom. The number of aliphatic carboxylic acids is 1. The van der Waals surface area contributed by atoms with Crippen LogP contribution in [0.4, 0.5) is 4.39 Å². The molecule has 0 aliphatic carbocycles. The van der Waals surface area contributed by atoms with Crippen molar-refractivity contribution < 1.29 is 41.1 Å². The van der Waals surface area contributed by atoms with Crippen LogP contribution in [0.5, 0.6) is 17.2 Å². The largest absolute Gasteiger partial charge is 0.490 e. The van der Waals surface area contributed by atoms with Crippen LogP contribution in [0, 0.1) is 5.82 Å². The van der Waals surface area contributed by atoms with Crippen molar-refractivity contribution in [2.45, 2.75) is 52.9 Å². The van der Waals surface area contributed by atoms with Crippen LogP contribution in [0.2, 0.25) is 0 Å². The fourth-order valence-electron chi connectivity index (χ4n) is 3.19. The van der Waals surface area contributed by atoms with Crippen LogP contribution < -0.4 is 13.7 Å². The van der Waals surface area contributed by atoms with Gasteiger partial charge in [-0.3, -0.25) is 0 Å². The lowest BCUT2D eigenvalue weighted by Crippen LogP contribution is -2.14. The molecule has 0 spiro atoms. The van der Waals surface area contributed by atoms with Crippen molar-refractivity contribution in [1.82, 2.24) is 0 Å². The van der Waals surface area contributed by atoms with Gasteiger partial charge in [-0.05, 0) is 61.2 Å². The monoisotopic (exact) mass is 538 g/mol. The second-order valence-electron chi connectivity index (χ2n) is 8.22. The lowest BCUT2D eigenvalue weighted by molar-refractivity contribution is -0.136. The van der Waals surface area contributed by atoms with Crippen LogP contribution in [0.1, 0.15) is 57.6 Å². The summed E-state index contributed by atoms with van der Waals surface area (Å²) in [5.41, 5.74) is 1.18. The van der Waals surface area contributed by atoms with Gasteiger partial charge >= 0.3 is 16.1 Å². The Bertz CT molecular complexity index is 1160. The summed E-state index contributed by atoms with van der Waals surface area (Å²) in [7, 11) is -3.84. The van der Waals surface area contributed by atoms with Crippen LogP contribution in [0.3, 0.4) is 0 Å². The molecular weight excluding hydrogens is 503 g/mol. The molecule has 204 valence electrons. The third-order valence-corrected chi connectivity index (χ3v) is 6.36. The number of hydrogen-bond acceptors (Lipinski definition) is 7. The highest BCUT2D eigenvalue weighted by Crippen LogP contribution is 2.30. The zero-order valence-corrected chi connectivity index (χ0v) is 22.3. The van der Waals surface area contributed by atoms with Gasteiger partial charge in [0.25, 0.3) is 0 Å². The number of benzene rings is 2. The van der Waals surface area contributed by atoms with Gasteiger partial charge in [-0.1, -0.05) is 38.8 Å². The molecule has 2 aromatic carbocycles. The fourth-order valence-corrected chi connectivity index (χ4v) is 4.33. The standard InChI is InChI=1S/C27H35FO8S/c1-4-7-14-34-25-18-21(19-26(27(29)30)33-6-3)10-12-24(25)35-15-13-20-9-11-23(22(28)17-20)36-37(31,32)16-8-5-2/h9-12,17-19H,4-8,13-16H2,1-3H3,(H,29,30)/b26-19+. The Balaban J connectivity index is 2.10. The van der Waals surface area contributed by atoms with E-state index in [1.165, 1.54) is 18.2 Å². The summed E-state index contributed by atoms with van der Waals surface area (Å²) in [5.74, 6) is -1.69. The molecular formula is C27H35FO8S. The number of unbranched alkanes of at least 4 members (excludes halogenated alkanes) is 2. The summed E-state index contributed by atoms with van der Waals surface area (Å²) in [6.45, 7) is 6.49. The molecule has 0 unspecified atom stereocenters. The Kier molecular flexibility index (Phi) is 12.2. The molecule has 2 rings (SSSR count). The molecule has 0 aliphatic heterocycles. The number of halogens is 1. The molecule has 0 atom stereocenters. The summed E-state index contributed by atoms with van der Waals surface area (Å²) in [4.78, 5) is 11.4. The maximum absolute atomic E-state index is 14.4. The highest BCUT2D eigenvalue weighted by atomic mass is 32.2. The summed E-state index contributed by atoms with van der Waals surface area (Å²) in [6.07, 6.45) is 4.66. The highest BCUT2D eigenvalue weighted by Gasteiger charge is 2.16. The van der Waals surface area contributed by atoms with Crippen molar-refractivity contribution in [3.63, 3.8) is 0 Å². The molecule has 0 saturated heterocycles. The van der Waals surface area contributed by atoms with E-state index in [1.807, 2.05) is 13.8 Å². The lowest BCUT2D eigenvalue weighted by atomic mass is 10.1. The van der Waals surface area contributed by atoms with Gasteiger partial charge in [0.2, 0.25) is 5.76 Å². The van der Waals surface area contributed by atoms with Crippen LogP contribution in [0.15, 0.2) is 42.2 Å². The number of carbonyl (C=O) groups is 1. The minimum absolute atomic E-state index is 0.168. The quantitative estimate of drug-likeness (QED) is 0.120. The molecule has 0 amide bonds. The Labute approximate surface area is 218 Å². The Morgan fingerprint density at radius 3 is 2.30 bits per heavy atom. The summed E-state index contributed by atoms with van der Waals surface area (Å²) < 4.78 is 60.1. The molecule has 0 heterocycles. The van der Waals surface area contributed by atoms with Crippen molar-refractivity contribution in [2.24, 2.45) is 0 Å². The van der Waals surface area contributed by atoms with Crippen molar-refractivity contribution in [3.8, 4) is 17.2 Å². The molecule has 0 radical (unpaired) electrons. The molecule has 0 bridgehead atoms. The molecule has 37 heavy (non-hydrogen) atoms. The number of ether oxygens (including phenoxy) is 3. The van der Waals surface area contributed by atoms with Crippen LogP contribution in [0.25, 0.3) is 6.08 Å². The van der Waals surface area contributed by atoms with Gasteiger partial charge in [0.05, 0.1) is 25.6 Å². The number of carboxylic acid groups (broad SMARTS) is 1. The zero-order valence-electron chi connectivity index (χ0n) is 21.5. The van der Waals surface area contributed by atoms with Crippen LogP contribution >= 0.6 is 0 Å². The second-order valence-corrected chi connectivity index (χ2v) is 9.91. The van der Waals surface area contributed by atoms with Crippen LogP contribution in [-0.2, 0) is 26.1 Å². The highest BCUT2D eigenvalue weighted by molar-refractivity contribution is 7.87. The van der Waals surface area contributed by atoms with Crippen molar-refractivity contribution in [3.05, 3.63) is 59.1 Å².